The molecule has 0 spiro atoms. The predicted octanol–water partition coefficient (Wildman–Crippen LogP) is 3.39. The number of rotatable bonds is 7. The van der Waals surface area contributed by atoms with Gasteiger partial charge >= 0.3 is 6.01 Å². The fourth-order valence-electron chi connectivity index (χ4n) is 5.82. The zero-order valence-corrected chi connectivity index (χ0v) is 21.4. The molecule has 1 aromatic heterocycles. The van der Waals surface area contributed by atoms with E-state index in [0.717, 1.165) is 50.5 Å². The number of piperidine rings is 2. The van der Waals surface area contributed by atoms with Crippen molar-refractivity contribution in [3.63, 3.8) is 0 Å². The topological polar surface area (TPSA) is 77.7 Å². The number of amides is 1. The van der Waals surface area contributed by atoms with Crippen molar-refractivity contribution in [2.45, 2.75) is 32.1 Å². The van der Waals surface area contributed by atoms with Crippen LogP contribution in [0.25, 0.3) is 11.4 Å². The first kappa shape index (κ1) is 24.5. The summed E-state index contributed by atoms with van der Waals surface area (Å²) in [6, 6.07) is 7.91. The van der Waals surface area contributed by atoms with Crippen LogP contribution in [0.5, 0.6) is 0 Å². The maximum absolute atomic E-state index is 12.8. The summed E-state index contributed by atoms with van der Waals surface area (Å²) in [4.78, 5) is 24.5. The van der Waals surface area contributed by atoms with Crippen LogP contribution in [0.15, 0.2) is 28.8 Å². The number of halogens is 1. The van der Waals surface area contributed by atoms with Crippen molar-refractivity contribution in [1.82, 2.24) is 25.3 Å². The van der Waals surface area contributed by atoms with Crippen LogP contribution in [0, 0.1) is 17.8 Å². The van der Waals surface area contributed by atoms with Gasteiger partial charge in [-0.1, -0.05) is 16.8 Å². The number of benzene rings is 1. The Kier molecular flexibility index (Phi) is 7.90. The summed E-state index contributed by atoms with van der Waals surface area (Å²) in [6.45, 7) is 8.25. The summed E-state index contributed by atoms with van der Waals surface area (Å²) < 4.78 is 5.49. The van der Waals surface area contributed by atoms with Crippen molar-refractivity contribution in [2.75, 3.05) is 64.3 Å². The molecular formula is C26H37ClN6O2. The van der Waals surface area contributed by atoms with E-state index >= 15 is 0 Å². The lowest BCUT2D eigenvalue weighted by molar-refractivity contribution is -0.125. The molecule has 3 saturated heterocycles. The van der Waals surface area contributed by atoms with Crippen molar-refractivity contribution < 1.29 is 9.32 Å². The highest BCUT2D eigenvalue weighted by molar-refractivity contribution is 6.30. The third-order valence-corrected chi connectivity index (χ3v) is 8.08. The molecule has 1 aromatic carbocycles. The lowest BCUT2D eigenvalue weighted by Gasteiger charge is -2.32. The summed E-state index contributed by atoms with van der Waals surface area (Å²) in [5, 5.41) is 8.04. The molecule has 35 heavy (non-hydrogen) atoms. The Hall–Kier alpha value is -2.16. The first-order chi connectivity index (χ1) is 17.0. The maximum atomic E-state index is 12.8. The smallest absolute Gasteiger partial charge is 0.324 e. The van der Waals surface area contributed by atoms with Crippen molar-refractivity contribution in [3.05, 3.63) is 29.3 Å². The maximum Gasteiger partial charge on any atom is 0.324 e. The zero-order chi connectivity index (χ0) is 24.2. The van der Waals surface area contributed by atoms with Gasteiger partial charge in [-0.3, -0.25) is 4.79 Å². The molecule has 1 unspecified atom stereocenters. The fourth-order valence-corrected chi connectivity index (χ4v) is 5.94. The first-order valence-corrected chi connectivity index (χ1v) is 13.4. The second kappa shape index (κ2) is 11.3. The van der Waals surface area contributed by atoms with E-state index in [-0.39, 0.29) is 11.8 Å². The molecule has 1 N–H and O–H groups in total. The fraction of sp³-hybridized carbons (Fsp3) is 0.654. The van der Waals surface area contributed by atoms with Crippen molar-refractivity contribution in [1.29, 1.82) is 0 Å². The van der Waals surface area contributed by atoms with Gasteiger partial charge in [-0.15, -0.1) is 0 Å². The summed E-state index contributed by atoms with van der Waals surface area (Å²) in [5.74, 6) is 2.18. The van der Waals surface area contributed by atoms with E-state index in [9.17, 15) is 4.79 Å². The minimum absolute atomic E-state index is 0.0557. The van der Waals surface area contributed by atoms with Crippen molar-refractivity contribution in [3.8, 4) is 11.4 Å². The van der Waals surface area contributed by atoms with E-state index in [4.69, 9.17) is 16.1 Å². The third-order valence-electron chi connectivity index (χ3n) is 7.83. The number of carbonyl (C=O) groups is 1. The standard InChI is InChI=1S/C26H37ClN6O2/c1-31-11-2-3-20(16-31)18-32-12-8-19(17-32)15-28-25(34)22-9-13-33(14-10-22)26-29-24(30-35-26)21-4-6-23(27)7-5-21/h4-7,19-20,22H,2-3,8-18H2,1H3,(H,28,34)/t19?,20-/m0/s1. The van der Waals surface area contributed by atoms with Crippen molar-refractivity contribution >= 4 is 23.5 Å². The van der Waals surface area contributed by atoms with Gasteiger partial charge in [0.25, 0.3) is 0 Å². The Bertz CT molecular complexity index is 974. The second-order valence-corrected chi connectivity index (χ2v) is 11.0. The van der Waals surface area contributed by atoms with Gasteiger partial charge in [-0.25, -0.2) is 0 Å². The van der Waals surface area contributed by atoms with Crippen LogP contribution in [0.3, 0.4) is 0 Å². The first-order valence-electron chi connectivity index (χ1n) is 13.1. The lowest BCUT2D eigenvalue weighted by Crippen LogP contribution is -2.42. The van der Waals surface area contributed by atoms with Crippen LogP contribution in [0.4, 0.5) is 6.01 Å². The highest BCUT2D eigenvalue weighted by Crippen LogP contribution is 2.26. The summed E-state index contributed by atoms with van der Waals surface area (Å²) in [7, 11) is 2.24. The Balaban J connectivity index is 1.03. The molecule has 3 aliphatic rings. The number of hydrogen-bond donors (Lipinski definition) is 1. The van der Waals surface area contributed by atoms with Crippen LogP contribution in [0.1, 0.15) is 32.1 Å². The predicted molar refractivity (Wildman–Crippen MR) is 137 cm³/mol. The number of aromatic nitrogens is 2. The SMILES string of the molecule is CN1CCC[C@H](CN2CCC(CNC(=O)C3CCN(c4nc(-c5ccc(Cl)cc5)no4)CC3)C2)C1. The van der Waals surface area contributed by atoms with E-state index in [2.05, 4.69) is 37.2 Å². The normalized spacial score (nSPS) is 24.7. The number of hydrogen-bond acceptors (Lipinski definition) is 7. The molecule has 2 aromatic rings. The third kappa shape index (κ3) is 6.35. The minimum Gasteiger partial charge on any atom is -0.356 e. The minimum atomic E-state index is 0.0557. The van der Waals surface area contributed by atoms with Gasteiger partial charge in [-0.2, -0.15) is 4.98 Å². The van der Waals surface area contributed by atoms with Gasteiger partial charge in [0, 0.05) is 55.8 Å². The lowest BCUT2D eigenvalue weighted by atomic mass is 9.96. The Labute approximate surface area is 213 Å². The number of carbonyl (C=O) groups excluding carboxylic acids is 1. The number of nitrogens with one attached hydrogen (secondary N) is 1. The molecule has 0 saturated carbocycles. The molecule has 0 bridgehead atoms. The molecule has 8 nitrogen and oxygen atoms in total. The molecule has 1 amide bonds. The van der Waals surface area contributed by atoms with Crippen LogP contribution in [0.2, 0.25) is 5.02 Å². The monoisotopic (exact) mass is 500 g/mol. The molecule has 3 fully saturated rings. The van der Waals surface area contributed by atoms with Gasteiger partial charge in [-0.05, 0) is 88.3 Å². The van der Waals surface area contributed by atoms with Gasteiger partial charge in [0.15, 0.2) is 0 Å². The molecule has 0 radical (unpaired) electrons. The zero-order valence-electron chi connectivity index (χ0n) is 20.7. The average molecular weight is 501 g/mol. The number of likely N-dealkylation sites (tertiary alicyclic amines) is 2. The summed E-state index contributed by atoms with van der Waals surface area (Å²) in [6.07, 6.45) is 5.47. The van der Waals surface area contributed by atoms with Crippen molar-refractivity contribution in [2.24, 2.45) is 17.8 Å². The van der Waals surface area contributed by atoms with E-state index in [0.29, 0.717) is 22.8 Å². The Morgan fingerprint density at radius 2 is 1.86 bits per heavy atom. The number of nitrogens with zero attached hydrogens (tertiary/aromatic N) is 5. The quantitative estimate of drug-likeness (QED) is 0.624. The van der Waals surface area contributed by atoms with Crippen LogP contribution < -0.4 is 10.2 Å². The molecule has 9 heteroatoms. The van der Waals surface area contributed by atoms with Crippen LogP contribution in [-0.2, 0) is 4.79 Å². The molecule has 2 atom stereocenters. The van der Waals surface area contributed by atoms with Crippen LogP contribution in [-0.4, -0.2) is 85.3 Å². The molecule has 4 heterocycles. The number of anilines is 1. The van der Waals surface area contributed by atoms with E-state index in [1.54, 1.807) is 0 Å². The van der Waals surface area contributed by atoms with E-state index in [1.807, 2.05) is 24.3 Å². The highest BCUT2D eigenvalue weighted by Gasteiger charge is 2.30. The summed E-state index contributed by atoms with van der Waals surface area (Å²) in [5.41, 5.74) is 0.871. The van der Waals surface area contributed by atoms with Gasteiger partial charge in [0.1, 0.15) is 0 Å². The molecule has 5 rings (SSSR count). The highest BCUT2D eigenvalue weighted by atomic mass is 35.5. The largest absolute Gasteiger partial charge is 0.356 e. The Morgan fingerprint density at radius 3 is 2.63 bits per heavy atom. The van der Waals surface area contributed by atoms with Crippen LogP contribution >= 0.6 is 11.6 Å². The van der Waals surface area contributed by atoms with Gasteiger partial charge in [0.2, 0.25) is 11.7 Å². The van der Waals surface area contributed by atoms with E-state index in [1.165, 1.54) is 45.4 Å². The van der Waals surface area contributed by atoms with Gasteiger partial charge in [0.05, 0.1) is 0 Å². The molecule has 0 aliphatic carbocycles. The molecule has 3 aliphatic heterocycles. The summed E-state index contributed by atoms with van der Waals surface area (Å²) >= 11 is 5.96. The van der Waals surface area contributed by atoms with E-state index < -0.39 is 0 Å². The average Bonchev–Trinajstić information content (AvgIpc) is 3.53. The second-order valence-electron chi connectivity index (χ2n) is 10.6. The van der Waals surface area contributed by atoms with Gasteiger partial charge < -0.3 is 24.5 Å². The molecule has 190 valence electrons. The molecular weight excluding hydrogens is 464 g/mol. The Morgan fingerprint density at radius 1 is 1.06 bits per heavy atom.